The van der Waals surface area contributed by atoms with Gasteiger partial charge in [-0.1, -0.05) is 74.7 Å². The molecule has 0 amide bonds. The molecule has 5 heteroatoms. The molecule has 0 saturated heterocycles. The van der Waals surface area contributed by atoms with Gasteiger partial charge >= 0.3 is 0 Å². The first-order valence-corrected chi connectivity index (χ1v) is 9.53. The van der Waals surface area contributed by atoms with Crippen molar-refractivity contribution in [2.75, 3.05) is 13.1 Å². The molecule has 0 spiro atoms. The van der Waals surface area contributed by atoms with Crippen molar-refractivity contribution in [2.24, 2.45) is 0 Å². The maximum absolute atomic E-state index is 4.55. The Bertz CT molecular complexity index is 215. The van der Waals surface area contributed by atoms with Crippen molar-refractivity contribution in [3.05, 3.63) is 21.3 Å². The van der Waals surface area contributed by atoms with Crippen LogP contribution in [0.5, 0.6) is 0 Å². The summed E-state index contributed by atoms with van der Waals surface area (Å²) in [5, 5.41) is 17.8. The normalized spacial score (nSPS) is 13.5. The first-order chi connectivity index (χ1) is 10.8. The molecule has 151 valence electrons. The molecule has 0 aliphatic rings. The van der Waals surface area contributed by atoms with Gasteiger partial charge in [-0.25, -0.2) is 6.17 Å². The molecule has 0 fully saturated rings. The summed E-state index contributed by atoms with van der Waals surface area (Å²) in [5.74, 6) is 0. The summed E-state index contributed by atoms with van der Waals surface area (Å²) < 4.78 is 0. The van der Waals surface area contributed by atoms with Crippen LogP contribution in [0.4, 0.5) is 0 Å². The zero-order chi connectivity index (χ0) is 18.3. The Morgan fingerprint density at radius 2 is 0.958 bits per heavy atom. The van der Waals surface area contributed by atoms with E-state index in [2.05, 4.69) is 76.7 Å². The molecule has 0 aliphatic heterocycles. The van der Waals surface area contributed by atoms with Crippen molar-refractivity contribution in [2.45, 2.75) is 112 Å². The van der Waals surface area contributed by atoms with Gasteiger partial charge in [0.2, 0.25) is 0 Å². The van der Waals surface area contributed by atoms with Crippen LogP contribution in [0, 0.1) is 0 Å². The van der Waals surface area contributed by atoms with Crippen molar-refractivity contribution in [1.82, 2.24) is 0 Å². The molecule has 0 aromatic carbocycles. The van der Waals surface area contributed by atoms with Gasteiger partial charge in [0.05, 0.1) is 0 Å². The molecule has 24 heavy (non-hydrogen) atoms. The Balaban J connectivity index is -0.000000364. The van der Waals surface area contributed by atoms with Gasteiger partial charge in [-0.2, -0.15) is 13.1 Å². The Morgan fingerprint density at radius 3 is 1.17 bits per heavy atom. The van der Waals surface area contributed by atoms with Crippen LogP contribution >= 0.6 is 0 Å². The molecule has 0 saturated carbocycles. The summed E-state index contributed by atoms with van der Waals surface area (Å²) in [7, 11) is 0. The standard InChI is InChI=1S/C11H24N2.C8H18N2.Co/c1-5-10(12-7-3)9-11(6-2)13-8-4;1-6(2)9-8(5)10-7(3)4;/h10-11H,5-9H2,1-4H3;6-8H,1-5H3;/q2*-2;. The second kappa shape index (κ2) is 19.7. The summed E-state index contributed by atoms with van der Waals surface area (Å²) in [6.45, 7) is 20.9. The molecule has 2 atom stereocenters. The van der Waals surface area contributed by atoms with E-state index in [1.54, 1.807) is 0 Å². The minimum absolute atomic E-state index is 0. The van der Waals surface area contributed by atoms with Crippen LogP contribution < -0.4 is 0 Å². The first kappa shape index (κ1) is 29.1. The molecule has 0 bridgehead atoms. The van der Waals surface area contributed by atoms with E-state index in [0.717, 1.165) is 32.4 Å². The van der Waals surface area contributed by atoms with Gasteiger partial charge in [-0.3, -0.25) is 0 Å². The summed E-state index contributed by atoms with van der Waals surface area (Å²) >= 11 is 0. The van der Waals surface area contributed by atoms with Crippen LogP contribution in [0.25, 0.3) is 21.3 Å². The van der Waals surface area contributed by atoms with Gasteiger partial charge in [0, 0.05) is 16.8 Å². The van der Waals surface area contributed by atoms with Crippen LogP contribution in [0.1, 0.15) is 81.6 Å². The Morgan fingerprint density at radius 1 is 0.625 bits per heavy atom. The third-order valence-corrected chi connectivity index (χ3v) is 3.40. The minimum Gasteiger partial charge on any atom is -0.676 e. The fourth-order valence-corrected chi connectivity index (χ4v) is 2.47. The van der Waals surface area contributed by atoms with E-state index in [1.165, 1.54) is 0 Å². The topological polar surface area (TPSA) is 56.4 Å². The fraction of sp³-hybridized carbons (Fsp3) is 1.00. The van der Waals surface area contributed by atoms with E-state index in [4.69, 9.17) is 0 Å². The summed E-state index contributed by atoms with van der Waals surface area (Å²) in [6, 6.07) is 1.87. The molecule has 0 aromatic heterocycles. The third-order valence-electron chi connectivity index (χ3n) is 3.40. The second-order valence-corrected chi connectivity index (χ2v) is 6.47. The fourth-order valence-electron chi connectivity index (χ4n) is 2.47. The number of nitrogens with zero attached hydrogens (tertiary/aromatic N) is 4. The van der Waals surface area contributed by atoms with E-state index >= 15 is 0 Å². The van der Waals surface area contributed by atoms with Gasteiger partial charge < -0.3 is 21.3 Å². The molecule has 0 aliphatic carbocycles. The predicted octanol–water partition coefficient (Wildman–Crippen LogP) is 6.62. The van der Waals surface area contributed by atoms with Crippen molar-refractivity contribution in [3.63, 3.8) is 0 Å². The molecule has 1 radical (unpaired) electrons. The van der Waals surface area contributed by atoms with Gasteiger partial charge in [0.1, 0.15) is 0 Å². The Kier molecular flexibility index (Phi) is 23.9. The number of hydrogen-bond acceptors (Lipinski definition) is 0. The molecule has 0 rings (SSSR count). The van der Waals surface area contributed by atoms with Crippen LogP contribution in [-0.4, -0.2) is 43.4 Å². The first-order valence-electron chi connectivity index (χ1n) is 9.53. The smallest absolute Gasteiger partial charge is 0 e. The van der Waals surface area contributed by atoms with E-state index in [0.29, 0.717) is 24.2 Å². The summed E-state index contributed by atoms with van der Waals surface area (Å²) in [5.41, 5.74) is 0. The zero-order valence-electron chi connectivity index (χ0n) is 17.5. The minimum atomic E-state index is 0. The third kappa shape index (κ3) is 20.4. The van der Waals surface area contributed by atoms with E-state index in [1.807, 2.05) is 6.92 Å². The quantitative estimate of drug-likeness (QED) is 0.363. The van der Waals surface area contributed by atoms with Gasteiger partial charge in [-0.15, -0.1) is 31.1 Å². The average molecular weight is 386 g/mol. The van der Waals surface area contributed by atoms with Crippen LogP contribution in [0.15, 0.2) is 0 Å². The van der Waals surface area contributed by atoms with Crippen LogP contribution in [-0.2, 0) is 16.8 Å². The molecule has 2 unspecified atom stereocenters. The Labute approximate surface area is 163 Å². The SMILES string of the molecule is CC(C)[N-]C(C)[N-]C(C)C.CC[N-]C(CC)CC(CC)[N-]CC.[Co]. The molecule has 0 heterocycles. The van der Waals surface area contributed by atoms with Crippen molar-refractivity contribution >= 4 is 0 Å². The summed E-state index contributed by atoms with van der Waals surface area (Å²) in [6.07, 6.45) is 3.63. The maximum atomic E-state index is 4.55. The summed E-state index contributed by atoms with van der Waals surface area (Å²) in [4.78, 5) is 0. The van der Waals surface area contributed by atoms with E-state index in [9.17, 15) is 0 Å². The monoisotopic (exact) mass is 385 g/mol. The van der Waals surface area contributed by atoms with Gasteiger partial charge in [0.25, 0.3) is 0 Å². The number of hydrogen-bond donors (Lipinski definition) is 0. The Hall–Kier alpha value is 0.346. The molecular weight excluding hydrogens is 343 g/mol. The predicted molar refractivity (Wildman–Crippen MR) is 107 cm³/mol. The van der Waals surface area contributed by atoms with Gasteiger partial charge in [0.15, 0.2) is 0 Å². The molecular formula is C19H42CoN4-4. The van der Waals surface area contributed by atoms with Crippen molar-refractivity contribution in [1.29, 1.82) is 0 Å². The largest absolute Gasteiger partial charge is 0.676 e. The second-order valence-electron chi connectivity index (χ2n) is 6.47. The van der Waals surface area contributed by atoms with Crippen LogP contribution in [0.3, 0.4) is 0 Å². The maximum Gasteiger partial charge on any atom is 0 e. The van der Waals surface area contributed by atoms with Crippen molar-refractivity contribution < 1.29 is 16.8 Å². The van der Waals surface area contributed by atoms with E-state index < -0.39 is 0 Å². The zero-order valence-corrected chi connectivity index (χ0v) is 18.6. The molecule has 0 N–H and O–H groups in total. The molecule has 0 aromatic rings. The van der Waals surface area contributed by atoms with Crippen LogP contribution in [0.2, 0.25) is 0 Å². The number of rotatable bonds is 12. The van der Waals surface area contributed by atoms with Gasteiger partial charge in [-0.05, 0) is 0 Å². The molecule has 4 nitrogen and oxygen atoms in total. The van der Waals surface area contributed by atoms with Crippen molar-refractivity contribution in [3.8, 4) is 0 Å². The average Bonchev–Trinajstić information content (AvgIpc) is 2.44. The van der Waals surface area contributed by atoms with E-state index in [-0.39, 0.29) is 22.9 Å².